The van der Waals surface area contributed by atoms with E-state index in [9.17, 15) is 8.42 Å². The van der Waals surface area contributed by atoms with E-state index in [1.165, 1.54) is 11.7 Å². The van der Waals surface area contributed by atoms with Crippen LogP contribution in [0.1, 0.15) is 37.9 Å². The van der Waals surface area contributed by atoms with Gasteiger partial charge in [-0.05, 0) is 31.2 Å². The fourth-order valence-electron chi connectivity index (χ4n) is 3.02. The second-order valence-electron chi connectivity index (χ2n) is 6.70. The van der Waals surface area contributed by atoms with E-state index < -0.39 is 9.84 Å². The molecule has 0 amide bonds. The zero-order chi connectivity index (χ0) is 19.4. The summed E-state index contributed by atoms with van der Waals surface area (Å²) in [5.74, 6) is 0.0626. The standard InChI is InChI=1S/C18H25N5O2S2/c1-4-6-9-23-15(11-19-18(23)27(24,25)5-2)13-22(3)12-14-7-8-16-17(10-14)21-26-20-16/h7-8,10-11H,4-6,9,12-13H2,1-3H3. The molecule has 1 aromatic carbocycles. The van der Waals surface area contributed by atoms with Crippen molar-refractivity contribution in [3.05, 3.63) is 35.7 Å². The summed E-state index contributed by atoms with van der Waals surface area (Å²) >= 11 is 1.22. The topological polar surface area (TPSA) is 81.0 Å². The first-order valence-electron chi connectivity index (χ1n) is 9.11. The predicted molar refractivity (Wildman–Crippen MR) is 107 cm³/mol. The Hall–Kier alpha value is -1.84. The molecule has 146 valence electrons. The SMILES string of the molecule is CCCCn1c(CN(C)Cc2ccc3nsnc3c2)cnc1S(=O)(=O)CC. The van der Waals surface area contributed by atoms with E-state index in [0.29, 0.717) is 13.1 Å². The fraction of sp³-hybridized carbons (Fsp3) is 0.500. The van der Waals surface area contributed by atoms with E-state index in [0.717, 1.165) is 41.7 Å². The van der Waals surface area contributed by atoms with Crippen LogP contribution in [-0.4, -0.2) is 44.4 Å². The summed E-state index contributed by atoms with van der Waals surface area (Å²) in [7, 11) is -1.31. The molecule has 0 atom stereocenters. The van der Waals surface area contributed by atoms with Crippen LogP contribution in [0.2, 0.25) is 0 Å². The fourth-order valence-corrected chi connectivity index (χ4v) is 4.55. The Morgan fingerprint density at radius 3 is 2.67 bits per heavy atom. The number of rotatable bonds is 9. The molecule has 0 unspecified atom stereocenters. The van der Waals surface area contributed by atoms with Crippen LogP contribution in [0.5, 0.6) is 0 Å². The molecule has 0 bridgehead atoms. The van der Waals surface area contributed by atoms with Gasteiger partial charge in [0.2, 0.25) is 15.0 Å². The molecule has 7 nitrogen and oxygen atoms in total. The largest absolute Gasteiger partial charge is 0.318 e. The number of fused-ring (bicyclic) bond motifs is 1. The summed E-state index contributed by atoms with van der Waals surface area (Å²) < 4.78 is 35.1. The summed E-state index contributed by atoms with van der Waals surface area (Å²) in [4.78, 5) is 6.39. The number of hydrogen-bond acceptors (Lipinski definition) is 7. The number of sulfone groups is 1. The second-order valence-corrected chi connectivity index (χ2v) is 9.40. The summed E-state index contributed by atoms with van der Waals surface area (Å²) in [6.07, 6.45) is 3.62. The van der Waals surface area contributed by atoms with Crippen LogP contribution in [-0.2, 0) is 29.5 Å². The van der Waals surface area contributed by atoms with Gasteiger partial charge in [-0.25, -0.2) is 13.4 Å². The Morgan fingerprint density at radius 2 is 1.93 bits per heavy atom. The lowest BCUT2D eigenvalue weighted by molar-refractivity contribution is 0.307. The summed E-state index contributed by atoms with van der Waals surface area (Å²) in [5, 5.41) is 0.191. The van der Waals surface area contributed by atoms with Crippen molar-refractivity contribution < 1.29 is 8.42 Å². The normalized spacial score (nSPS) is 12.3. The first-order valence-corrected chi connectivity index (χ1v) is 11.5. The minimum absolute atomic E-state index is 0.0626. The minimum Gasteiger partial charge on any atom is -0.318 e. The molecule has 0 saturated heterocycles. The molecule has 0 N–H and O–H groups in total. The van der Waals surface area contributed by atoms with E-state index in [-0.39, 0.29) is 10.9 Å². The predicted octanol–water partition coefficient (Wildman–Crippen LogP) is 3.11. The van der Waals surface area contributed by atoms with Gasteiger partial charge < -0.3 is 4.57 Å². The molecule has 0 spiro atoms. The first kappa shape index (κ1) is 19.9. The van der Waals surface area contributed by atoms with Crippen molar-refractivity contribution in [1.82, 2.24) is 23.2 Å². The zero-order valence-electron chi connectivity index (χ0n) is 15.9. The van der Waals surface area contributed by atoms with Gasteiger partial charge in [-0.1, -0.05) is 26.3 Å². The lowest BCUT2D eigenvalue weighted by atomic mass is 10.2. The van der Waals surface area contributed by atoms with Crippen LogP contribution in [0.15, 0.2) is 29.6 Å². The highest BCUT2D eigenvalue weighted by Gasteiger charge is 2.21. The van der Waals surface area contributed by atoms with Gasteiger partial charge in [0.25, 0.3) is 0 Å². The molecular weight excluding hydrogens is 382 g/mol. The maximum Gasteiger partial charge on any atom is 0.227 e. The van der Waals surface area contributed by atoms with E-state index >= 15 is 0 Å². The van der Waals surface area contributed by atoms with Crippen LogP contribution in [0.3, 0.4) is 0 Å². The molecule has 9 heteroatoms. The second kappa shape index (κ2) is 8.45. The van der Waals surface area contributed by atoms with Gasteiger partial charge in [-0.15, -0.1) is 0 Å². The Morgan fingerprint density at radius 1 is 1.15 bits per heavy atom. The lowest BCUT2D eigenvalue weighted by Gasteiger charge is -2.18. The van der Waals surface area contributed by atoms with Crippen LogP contribution in [0, 0.1) is 0 Å². The molecule has 3 aromatic rings. The molecule has 0 saturated carbocycles. The van der Waals surface area contributed by atoms with Gasteiger partial charge in [0.1, 0.15) is 11.0 Å². The van der Waals surface area contributed by atoms with E-state index in [1.807, 2.05) is 17.7 Å². The van der Waals surface area contributed by atoms with Crippen LogP contribution in [0.25, 0.3) is 11.0 Å². The molecule has 0 fully saturated rings. The number of nitrogens with zero attached hydrogens (tertiary/aromatic N) is 5. The van der Waals surface area contributed by atoms with E-state index in [4.69, 9.17) is 0 Å². The molecular formula is C18H25N5O2S2. The Balaban J connectivity index is 1.78. The van der Waals surface area contributed by atoms with Gasteiger partial charge >= 0.3 is 0 Å². The molecule has 0 aliphatic carbocycles. The third kappa shape index (κ3) is 4.53. The van der Waals surface area contributed by atoms with Crippen molar-refractivity contribution in [1.29, 1.82) is 0 Å². The van der Waals surface area contributed by atoms with Gasteiger partial charge in [-0.2, -0.15) is 8.75 Å². The Labute approximate surface area is 164 Å². The monoisotopic (exact) mass is 407 g/mol. The number of aromatic nitrogens is 4. The number of benzene rings is 1. The highest BCUT2D eigenvalue weighted by molar-refractivity contribution is 7.91. The molecule has 2 heterocycles. The van der Waals surface area contributed by atoms with Gasteiger partial charge in [0, 0.05) is 19.6 Å². The number of hydrogen-bond donors (Lipinski definition) is 0. The van der Waals surface area contributed by atoms with Crippen LogP contribution in [0.4, 0.5) is 0 Å². The molecule has 0 aliphatic rings. The van der Waals surface area contributed by atoms with Crippen molar-refractivity contribution in [3.8, 4) is 0 Å². The van der Waals surface area contributed by atoms with E-state index in [1.54, 1.807) is 13.1 Å². The van der Waals surface area contributed by atoms with Crippen molar-refractivity contribution in [2.75, 3.05) is 12.8 Å². The Bertz CT molecular complexity index is 1010. The van der Waals surface area contributed by atoms with Crippen molar-refractivity contribution in [2.24, 2.45) is 0 Å². The smallest absolute Gasteiger partial charge is 0.227 e. The summed E-state index contributed by atoms with van der Waals surface area (Å²) in [5.41, 5.74) is 3.90. The average molecular weight is 408 g/mol. The van der Waals surface area contributed by atoms with Gasteiger partial charge in [0.15, 0.2) is 0 Å². The quantitative estimate of drug-likeness (QED) is 0.542. The average Bonchev–Trinajstić information content (AvgIpc) is 3.26. The summed E-state index contributed by atoms with van der Waals surface area (Å²) in [6.45, 7) is 5.79. The van der Waals surface area contributed by atoms with Crippen molar-refractivity contribution >= 4 is 32.6 Å². The maximum atomic E-state index is 12.4. The van der Waals surface area contributed by atoms with Crippen molar-refractivity contribution in [2.45, 2.75) is 51.5 Å². The van der Waals surface area contributed by atoms with Gasteiger partial charge in [0.05, 0.1) is 29.4 Å². The van der Waals surface area contributed by atoms with Gasteiger partial charge in [-0.3, -0.25) is 4.90 Å². The molecule has 0 aliphatic heterocycles. The Kier molecular flexibility index (Phi) is 6.23. The first-order chi connectivity index (χ1) is 12.9. The third-order valence-corrected chi connectivity index (χ3v) is 6.70. The molecule has 2 aromatic heterocycles. The van der Waals surface area contributed by atoms with Crippen LogP contribution >= 0.6 is 11.7 Å². The molecule has 3 rings (SSSR count). The number of unbranched alkanes of at least 4 members (excludes halogenated alkanes) is 1. The highest BCUT2D eigenvalue weighted by Crippen LogP contribution is 2.18. The highest BCUT2D eigenvalue weighted by atomic mass is 32.2. The third-order valence-electron chi connectivity index (χ3n) is 4.50. The van der Waals surface area contributed by atoms with E-state index in [2.05, 4.69) is 37.7 Å². The molecule has 0 radical (unpaired) electrons. The van der Waals surface area contributed by atoms with Crippen LogP contribution < -0.4 is 0 Å². The van der Waals surface area contributed by atoms with Crippen molar-refractivity contribution in [3.63, 3.8) is 0 Å². The minimum atomic E-state index is -3.33. The maximum absolute atomic E-state index is 12.4. The summed E-state index contributed by atoms with van der Waals surface area (Å²) in [6, 6.07) is 6.09. The number of imidazole rings is 1. The lowest BCUT2D eigenvalue weighted by Crippen LogP contribution is -2.21. The molecule has 27 heavy (non-hydrogen) atoms. The zero-order valence-corrected chi connectivity index (χ0v) is 17.6.